The largest absolute Gasteiger partial charge is 0.478 e. The van der Waals surface area contributed by atoms with Crippen molar-refractivity contribution in [2.75, 3.05) is 5.32 Å². The van der Waals surface area contributed by atoms with Gasteiger partial charge in [0.1, 0.15) is 5.56 Å². The molecule has 1 atom stereocenters. The van der Waals surface area contributed by atoms with Crippen LogP contribution in [0.3, 0.4) is 0 Å². The fourth-order valence-electron chi connectivity index (χ4n) is 1.75. The Bertz CT molecular complexity index is 581. The van der Waals surface area contributed by atoms with Gasteiger partial charge in [0.2, 0.25) is 0 Å². The number of aromatic carboxylic acids is 1. The van der Waals surface area contributed by atoms with Gasteiger partial charge in [0.05, 0.1) is 12.2 Å². The van der Waals surface area contributed by atoms with Crippen LogP contribution in [0, 0.1) is 6.92 Å². The van der Waals surface area contributed by atoms with Gasteiger partial charge in [-0.25, -0.2) is 4.79 Å². The molecular weight excluding hydrogens is 242 g/mol. The van der Waals surface area contributed by atoms with Crippen molar-refractivity contribution < 1.29 is 9.90 Å². The Morgan fingerprint density at radius 1 is 1.26 bits per heavy atom. The number of rotatable bonds is 4. The third kappa shape index (κ3) is 3.07. The summed E-state index contributed by atoms with van der Waals surface area (Å²) in [5, 5.41) is 19.7. The Labute approximate surface area is 111 Å². The van der Waals surface area contributed by atoms with E-state index in [1.807, 2.05) is 38.1 Å². The lowest BCUT2D eigenvalue weighted by Gasteiger charge is -2.15. The van der Waals surface area contributed by atoms with Crippen LogP contribution in [0.2, 0.25) is 0 Å². The highest BCUT2D eigenvalue weighted by Gasteiger charge is 2.14. The topological polar surface area (TPSA) is 75.1 Å². The Morgan fingerprint density at radius 3 is 2.58 bits per heavy atom. The molecule has 19 heavy (non-hydrogen) atoms. The highest BCUT2D eigenvalue weighted by Crippen LogP contribution is 2.20. The molecule has 0 aliphatic carbocycles. The number of hydrogen-bond donors (Lipinski definition) is 2. The first kappa shape index (κ1) is 13.0. The van der Waals surface area contributed by atoms with Crippen molar-refractivity contribution in [1.82, 2.24) is 10.2 Å². The molecule has 0 saturated heterocycles. The Kier molecular flexibility index (Phi) is 3.75. The SMILES string of the molecule is Cc1ccc(C(C)Nc2nnccc2C(=O)O)cc1. The summed E-state index contributed by atoms with van der Waals surface area (Å²) < 4.78 is 0. The molecule has 0 fully saturated rings. The number of anilines is 1. The fraction of sp³-hybridized carbons (Fsp3) is 0.214. The lowest BCUT2D eigenvalue weighted by molar-refractivity contribution is 0.0697. The van der Waals surface area contributed by atoms with Gasteiger partial charge in [0, 0.05) is 0 Å². The minimum Gasteiger partial charge on any atom is -0.478 e. The van der Waals surface area contributed by atoms with Crippen LogP contribution in [-0.2, 0) is 0 Å². The summed E-state index contributed by atoms with van der Waals surface area (Å²) >= 11 is 0. The molecule has 0 radical (unpaired) electrons. The molecule has 5 heteroatoms. The first-order valence-corrected chi connectivity index (χ1v) is 5.96. The molecule has 2 N–H and O–H groups in total. The van der Waals surface area contributed by atoms with Gasteiger partial charge in [-0.05, 0) is 25.5 Å². The van der Waals surface area contributed by atoms with Crippen LogP contribution in [0.4, 0.5) is 5.82 Å². The third-order valence-electron chi connectivity index (χ3n) is 2.88. The normalized spacial score (nSPS) is 11.9. The molecule has 1 heterocycles. The molecule has 0 amide bonds. The Morgan fingerprint density at radius 2 is 1.95 bits per heavy atom. The number of carboxylic acids is 1. The fourth-order valence-corrected chi connectivity index (χ4v) is 1.75. The molecule has 0 aliphatic heterocycles. The molecule has 1 unspecified atom stereocenters. The molecule has 2 rings (SSSR count). The van der Waals surface area contributed by atoms with Gasteiger partial charge in [0.25, 0.3) is 0 Å². The molecule has 0 spiro atoms. The predicted molar refractivity (Wildman–Crippen MR) is 72.2 cm³/mol. The van der Waals surface area contributed by atoms with Gasteiger partial charge in [-0.1, -0.05) is 29.8 Å². The van der Waals surface area contributed by atoms with Crippen LogP contribution in [0.5, 0.6) is 0 Å². The number of carboxylic acid groups (broad SMARTS) is 1. The lowest BCUT2D eigenvalue weighted by Crippen LogP contribution is -2.12. The number of aryl methyl sites for hydroxylation is 1. The number of nitrogens with one attached hydrogen (secondary N) is 1. The number of hydrogen-bond acceptors (Lipinski definition) is 4. The Hall–Kier alpha value is -2.43. The second kappa shape index (κ2) is 5.48. The van der Waals surface area contributed by atoms with Gasteiger partial charge >= 0.3 is 5.97 Å². The van der Waals surface area contributed by atoms with Crippen LogP contribution in [0.1, 0.15) is 34.5 Å². The maximum Gasteiger partial charge on any atom is 0.339 e. The standard InChI is InChI=1S/C14H15N3O2/c1-9-3-5-11(6-4-9)10(2)16-13-12(14(18)19)7-8-15-17-13/h3-8,10H,1-2H3,(H,16,17)(H,18,19). The number of aromatic nitrogens is 2. The van der Waals surface area contributed by atoms with Gasteiger partial charge in [-0.3, -0.25) is 0 Å². The minimum absolute atomic E-state index is 0.0459. The van der Waals surface area contributed by atoms with E-state index in [9.17, 15) is 4.79 Å². The van der Waals surface area contributed by atoms with Crippen molar-refractivity contribution in [1.29, 1.82) is 0 Å². The maximum absolute atomic E-state index is 11.1. The average Bonchev–Trinajstić information content (AvgIpc) is 2.39. The van der Waals surface area contributed by atoms with E-state index >= 15 is 0 Å². The number of nitrogens with zero attached hydrogens (tertiary/aromatic N) is 2. The molecule has 0 aliphatic rings. The molecule has 98 valence electrons. The first-order chi connectivity index (χ1) is 9.08. The van der Waals surface area contributed by atoms with Crippen molar-refractivity contribution in [3.8, 4) is 0 Å². The zero-order chi connectivity index (χ0) is 13.8. The second-order valence-electron chi connectivity index (χ2n) is 4.38. The van der Waals surface area contributed by atoms with Crippen molar-refractivity contribution in [3.05, 3.63) is 53.2 Å². The summed E-state index contributed by atoms with van der Waals surface area (Å²) in [4.78, 5) is 11.1. The third-order valence-corrected chi connectivity index (χ3v) is 2.88. The zero-order valence-electron chi connectivity index (χ0n) is 10.8. The van der Waals surface area contributed by atoms with Crippen LogP contribution in [0.25, 0.3) is 0 Å². The maximum atomic E-state index is 11.1. The number of carbonyl (C=O) groups is 1. The summed E-state index contributed by atoms with van der Waals surface area (Å²) in [6, 6.07) is 9.42. The van der Waals surface area contributed by atoms with E-state index in [4.69, 9.17) is 5.11 Å². The summed E-state index contributed by atoms with van der Waals surface area (Å²) in [7, 11) is 0. The van der Waals surface area contributed by atoms with E-state index in [-0.39, 0.29) is 17.4 Å². The Balaban J connectivity index is 2.21. The highest BCUT2D eigenvalue weighted by molar-refractivity contribution is 5.92. The van der Waals surface area contributed by atoms with E-state index in [1.54, 1.807) is 0 Å². The van der Waals surface area contributed by atoms with Gasteiger partial charge in [-0.2, -0.15) is 5.10 Å². The van der Waals surface area contributed by atoms with Crippen molar-refractivity contribution in [3.63, 3.8) is 0 Å². The minimum atomic E-state index is -1.02. The molecule has 1 aromatic carbocycles. The second-order valence-corrected chi connectivity index (χ2v) is 4.38. The van der Waals surface area contributed by atoms with E-state index in [2.05, 4.69) is 15.5 Å². The van der Waals surface area contributed by atoms with Crippen molar-refractivity contribution >= 4 is 11.8 Å². The average molecular weight is 257 g/mol. The highest BCUT2D eigenvalue weighted by atomic mass is 16.4. The molecule has 2 aromatic rings. The van der Waals surface area contributed by atoms with Crippen LogP contribution >= 0.6 is 0 Å². The molecule has 5 nitrogen and oxygen atoms in total. The molecule has 0 bridgehead atoms. The zero-order valence-corrected chi connectivity index (χ0v) is 10.8. The van der Waals surface area contributed by atoms with E-state index in [1.165, 1.54) is 17.8 Å². The monoisotopic (exact) mass is 257 g/mol. The molecule has 0 saturated carbocycles. The van der Waals surface area contributed by atoms with Crippen molar-refractivity contribution in [2.45, 2.75) is 19.9 Å². The smallest absolute Gasteiger partial charge is 0.339 e. The van der Waals surface area contributed by atoms with Gasteiger partial charge < -0.3 is 10.4 Å². The molecule has 1 aromatic heterocycles. The van der Waals surface area contributed by atoms with E-state index in [0.717, 1.165) is 5.56 Å². The van der Waals surface area contributed by atoms with Crippen molar-refractivity contribution in [2.24, 2.45) is 0 Å². The summed E-state index contributed by atoms with van der Waals surface area (Å²) in [6.07, 6.45) is 1.37. The lowest BCUT2D eigenvalue weighted by atomic mass is 10.1. The molecular formula is C14H15N3O2. The van der Waals surface area contributed by atoms with Crippen LogP contribution < -0.4 is 5.32 Å². The van der Waals surface area contributed by atoms with Crippen LogP contribution in [0.15, 0.2) is 36.5 Å². The van der Waals surface area contributed by atoms with Gasteiger partial charge in [-0.15, -0.1) is 5.10 Å². The predicted octanol–water partition coefficient (Wildman–Crippen LogP) is 2.66. The summed E-state index contributed by atoms with van der Waals surface area (Å²) in [5.74, 6) is -0.739. The van der Waals surface area contributed by atoms with Gasteiger partial charge in [0.15, 0.2) is 5.82 Å². The first-order valence-electron chi connectivity index (χ1n) is 5.96. The summed E-state index contributed by atoms with van der Waals surface area (Å²) in [5.41, 5.74) is 2.36. The van der Waals surface area contributed by atoms with E-state index < -0.39 is 5.97 Å². The van der Waals surface area contributed by atoms with E-state index in [0.29, 0.717) is 0 Å². The number of benzene rings is 1. The quantitative estimate of drug-likeness (QED) is 0.880. The summed E-state index contributed by atoms with van der Waals surface area (Å²) in [6.45, 7) is 3.97. The van der Waals surface area contributed by atoms with Crippen LogP contribution in [-0.4, -0.2) is 21.3 Å².